The maximum Gasteiger partial charge on any atom is 0.191 e. The highest BCUT2D eigenvalue weighted by Crippen LogP contribution is 2.12. The summed E-state index contributed by atoms with van der Waals surface area (Å²) < 4.78 is 0. The molecule has 1 aliphatic heterocycles. The monoisotopic (exact) mass is 283 g/mol. The molecule has 0 spiro atoms. The molecule has 1 heterocycles. The van der Waals surface area contributed by atoms with E-state index in [0.717, 1.165) is 25.6 Å². The van der Waals surface area contributed by atoms with Crippen LogP contribution in [-0.4, -0.2) is 74.7 Å². The van der Waals surface area contributed by atoms with E-state index >= 15 is 0 Å². The van der Waals surface area contributed by atoms with Gasteiger partial charge in [0.1, 0.15) is 0 Å². The van der Waals surface area contributed by atoms with Crippen LogP contribution in [0.25, 0.3) is 0 Å². The number of hydrogen-bond donors (Lipinski definition) is 2. The van der Waals surface area contributed by atoms with E-state index in [4.69, 9.17) is 0 Å². The second kappa shape index (κ2) is 9.19. The van der Waals surface area contributed by atoms with Gasteiger partial charge in [0.2, 0.25) is 0 Å². The summed E-state index contributed by atoms with van der Waals surface area (Å²) in [5.74, 6) is 0.942. The average Bonchev–Trinajstić information content (AvgIpc) is 2.46. The van der Waals surface area contributed by atoms with Gasteiger partial charge in [0.25, 0.3) is 0 Å². The Bertz CT molecular complexity index is 282. The summed E-state index contributed by atoms with van der Waals surface area (Å²) in [6, 6.07) is 1.22. The van der Waals surface area contributed by atoms with Crippen molar-refractivity contribution in [2.75, 3.05) is 46.8 Å². The number of rotatable bonds is 6. The molecule has 0 bridgehead atoms. The van der Waals surface area contributed by atoms with Gasteiger partial charge in [-0.3, -0.25) is 4.99 Å². The average molecular weight is 283 g/mol. The van der Waals surface area contributed by atoms with E-state index in [1.54, 1.807) is 0 Å². The molecule has 0 amide bonds. The van der Waals surface area contributed by atoms with Crippen LogP contribution in [0.15, 0.2) is 4.99 Å². The van der Waals surface area contributed by atoms with Crippen LogP contribution in [0.5, 0.6) is 0 Å². The maximum atomic E-state index is 4.32. The molecule has 0 aromatic carbocycles. The third-order valence-electron chi connectivity index (χ3n) is 4.15. The number of guanidine groups is 1. The summed E-state index contributed by atoms with van der Waals surface area (Å²) in [4.78, 5) is 9.16. The molecule has 20 heavy (non-hydrogen) atoms. The largest absolute Gasteiger partial charge is 0.355 e. The molecule has 0 aromatic heterocycles. The predicted octanol–water partition coefficient (Wildman–Crippen LogP) is 0.976. The maximum absolute atomic E-state index is 4.32. The van der Waals surface area contributed by atoms with E-state index in [1.807, 2.05) is 7.05 Å². The van der Waals surface area contributed by atoms with Crippen LogP contribution >= 0.6 is 0 Å². The van der Waals surface area contributed by atoms with Gasteiger partial charge < -0.3 is 20.4 Å². The minimum atomic E-state index is 0.556. The van der Waals surface area contributed by atoms with E-state index < -0.39 is 0 Å². The summed E-state index contributed by atoms with van der Waals surface area (Å²) in [7, 11) is 3.99. The molecule has 0 unspecified atom stereocenters. The third kappa shape index (κ3) is 6.09. The summed E-state index contributed by atoms with van der Waals surface area (Å²) in [5.41, 5.74) is 0. The van der Waals surface area contributed by atoms with Crippen LogP contribution in [-0.2, 0) is 0 Å². The van der Waals surface area contributed by atoms with Gasteiger partial charge in [-0.2, -0.15) is 0 Å². The van der Waals surface area contributed by atoms with Crippen molar-refractivity contribution in [3.63, 3.8) is 0 Å². The summed E-state index contributed by atoms with van der Waals surface area (Å²) >= 11 is 0. The lowest BCUT2D eigenvalue weighted by Gasteiger charge is -2.35. The zero-order valence-electron chi connectivity index (χ0n) is 13.9. The van der Waals surface area contributed by atoms with Crippen molar-refractivity contribution in [1.29, 1.82) is 0 Å². The van der Waals surface area contributed by atoms with Crippen molar-refractivity contribution in [3.05, 3.63) is 0 Å². The molecule has 5 heteroatoms. The molecule has 0 radical (unpaired) electrons. The first-order valence-electron chi connectivity index (χ1n) is 7.96. The molecule has 2 N–H and O–H groups in total. The highest BCUT2D eigenvalue weighted by atomic mass is 15.2. The number of piperidine rings is 1. The minimum absolute atomic E-state index is 0.556. The topological polar surface area (TPSA) is 42.9 Å². The number of likely N-dealkylation sites (tertiary alicyclic amines) is 1. The summed E-state index contributed by atoms with van der Waals surface area (Å²) in [6.45, 7) is 12.2. The Hall–Kier alpha value is -0.810. The predicted molar refractivity (Wildman–Crippen MR) is 87.4 cm³/mol. The molecule has 1 rings (SSSR count). The second-order valence-corrected chi connectivity index (χ2v) is 5.94. The van der Waals surface area contributed by atoms with E-state index in [0.29, 0.717) is 12.1 Å². The lowest BCUT2D eigenvalue weighted by molar-refractivity contribution is 0.167. The Morgan fingerprint density at radius 3 is 2.50 bits per heavy atom. The minimum Gasteiger partial charge on any atom is -0.355 e. The van der Waals surface area contributed by atoms with Crippen molar-refractivity contribution >= 4 is 5.96 Å². The van der Waals surface area contributed by atoms with E-state index in [-0.39, 0.29) is 0 Å². The quantitative estimate of drug-likeness (QED) is 0.563. The molecule has 1 aliphatic rings. The second-order valence-electron chi connectivity index (χ2n) is 5.94. The molecule has 5 nitrogen and oxygen atoms in total. The van der Waals surface area contributed by atoms with Crippen molar-refractivity contribution < 1.29 is 0 Å². The Kier molecular flexibility index (Phi) is 7.92. The van der Waals surface area contributed by atoms with Crippen molar-refractivity contribution in [2.24, 2.45) is 4.99 Å². The molecule has 0 saturated carbocycles. The lowest BCUT2D eigenvalue weighted by atomic mass is 10.0. The van der Waals surface area contributed by atoms with Gasteiger partial charge in [-0.1, -0.05) is 6.92 Å². The standard InChI is InChI=1S/C15H33N5/c1-6-19(5)12-9-17-15(16-4)18-14-7-10-20(11-8-14)13(2)3/h13-14H,6-12H2,1-5H3,(H2,16,17,18). The van der Waals surface area contributed by atoms with Gasteiger partial charge in [0, 0.05) is 45.3 Å². The van der Waals surface area contributed by atoms with Gasteiger partial charge in [0.05, 0.1) is 0 Å². The van der Waals surface area contributed by atoms with Crippen LogP contribution in [0.3, 0.4) is 0 Å². The normalized spacial score (nSPS) is 18.9. The molecule has 0 aliphatic carbocycles. The van der Waals surface area contributed by atoms with Crippen LogP contribution < -0.4 is 10.6 Å². The van der Waals surface area contributed by atoms with E-state index in [1.165, 1.54) is 25.9 Å². The number of nitrogens with one attached hydrogen (secondary N) is 2. The molecule has 1 saturated heterocycles. The number of nitrogens with zero attached hydrogens (tertiary/aromatic N) is 3. The van der Waals surface area contributed by atoms with Crippen molar-refractivity contribution in [2.45, 2.75) is 45.7 Å². The molecule has 118 valence electrons. The highest BCUT2D eigenvalue weighted by Gasteiger charge is 2.21. The smallest absolute Gasteiger partial charge is 0.191 e. The SMILES string of the molecule is CCN(C)CCNC(=NC)NC1CCN(C(C)C)CC1. The van der Waals surface area contributed by atoms with Crippen molar-refractivity contribution in [1.82, 2.24) is 20.4 Å². The Morgan fingerprint density at radius 1 is 1.35 bits per heavy atom. The van der Waals surface area contributed by atoms with Gasteiger partial charge in [0.15, 0.2) is 5.96 Å². The van der Waals surface area contributed by atoms with Gasteiger partial charge in [-0.05, 0) is 40.3 Å². The van der Waals surface area contributed by atoms with E-state index in [9.17, 15) is 0 Å². The van der Waals surface area contributed by atoms with Crippen LogP contribution in [0.2, 0.25) is 0 Å². The molecular formula is C15H33N5. The highest BCUT2D eigenvalue weighted by molar-refractivity contribution is 5.79. The fourth-order valence-electron chi connectivity index (χ4n) is 2.47. The van der Waals surface area contributed by atoms with E-state index in [2.05, 4.69) is 53.2 Å². The summed E-state index contributed by atoms with van der Waals surface area (Å²) in [5, 5.41) is 6.95. The van der Waals surface area contributed by atoms with Gasteiger partial charge in [-0.15, -0.1) is 0 Å². The van der Waals surface area contributed by atoms with Crippen LogP contribution in [0.1, 0.15) is 33.6 Å². The van der Waals surface area contributed by atoms with Gasteiger partial charge >= 0.3 is 0 Å². The fraction of sp³-hybridized carbons (Fsp3) is 0.933. The van der Waals surface area contributed by atoms with Crippen LogP contribution in [0.4, 0.5) is 0 Å². The first-order valence-corrected chi connectivity index (χ1v) is 7.96. The lowest BCUT2D eigenvalue weighted by Crippen LogP contribution is -2.50. The first kappa shape index (κ1) is 17.2. The molecule has 0 aromatic rings. The summed E-state index contributed by atoms with van der Waals surface area (Å²) in [6.07, 6.45) is 2.40. The first-order chi connectivity index (χ1) is 9.56. The Balaban J connectivity index is 2.25. The number of likely N-dealkylation sites (N-methyl/N-ethyl adjacent to an activating group) is 1. The van der Waals surface area contributed by atoms with Crippen molar-refractivity contribution in [3.8, 4) is 0 Å². The van der Waals surface area contributed by atoms with Crippen LogP contribution in [0, 0.1) is 0 Å². The third-order valence-corrected chi connectivity index (χ3v) is 4.15. The molecule has 0 atom stereocenters. The number of hydrogen-bond acceptors (Lipinski definition) is 3. The zero-order valence-corrected chi connectivity index (χ0v) is 13.9. The molecular weight excluding hydrogens is 250 g/mol. The van der Waals surface area contributed by atoms with Gasteiger partial charge in [-0.25, -0.2) is 0 Å². The Morgan fingerprint density at radius 2 is 2.00 bits per heavy atom. The fourth-order valence-corrected chi connectivity index (χ4v) is 2.47. The number of aliphatic imine (C=N–C) groups is 1. The zero-order chi connectivity index (χ0) is 15.0. The molecule has 1 fully saturated rings. The Labute approximate surface area is 124 Å².